The standard InChI is InChI=1S/C17H25Cl2N/c1-2-9-20-12-15(13-5-3-4-6-13)10-14-7-8-16(18)11-17(14)19/h7-8,11,13,15,20H,2-6,9-10,12H2,1H3. The summed E-state index contributed by atoms with van der Waals surface area (Å²) in [5, 5.41) is 5.13. The molecule has 0 aromatic heterocycles. The van der Waals surface area contributed by atoms with Gasteiger partial charge in [0.25, 0.3) is 0 Å². The largest absolute Gasteiger partial charge is 0.316 e. The first-order valence-electron chi connectivity index (χ1n) is 7.85. The molecule has 1 fully saturated rings. The van der Waals surface area contributed by atoms with Crippen LogP contribution in [-0.4, -0.2) is 13.1 Å². The maximum absolute atomic E-state index is 6.34. The second-order valence-corrected chi connectivity index (χ2v) is 6.79. The molecule has 0 heterocycles. The lowest BCUT2D eigenvalue weighted by Gasteiger charge is -2.24. The van der Waals surface area contributed by atoms with Gasteiger partial charge in [-0.05, 0) is 55.5 Å². The van der Waals surface area contributed by atoms with Gasteiger partial charge < -0.3 is 5.32 Å². The number of nitrogens with one attached hydrogen (secondary N) is 1. The van der Waals surface area contributed by atoms with E-state index in [9.17, 15) is 0 Å². The minimum atomic E-state index is 0.697. The van der Waals surface area contributed by atoms with Gasteiger partial charge in [0.1, 0.15) is 0 Å². The van der Waals surface area contributed by atoms with Crippen molar-refractivity contribution in [3.63, 3.8) is 0 Å². The number of halogens is 2. The molecule has 0 amide bonds. The molecule has 1 aromatic carbocycles. The smallest absolute Gasteiger partial charge is 0.0452 e. The van der Waals surface area contributed by atoms with Gasteiger partial charge in [-0.3, -0.25) is 0 Å². The summed E-state index contributed by atoms with van der Waals surface area (Å²) in [7, 11) is 0. The summed E-state index contributed by atoms with van der Waals surface area (Å²) >= 11 is 12.3. The lowest BCUT2D eigenvalue weighted by atomic mass is 9.85. The molecule has 0 spiro atoms. The molecule has 1 N–H and O–H groups in total. The summed E-state index contributed by atoms with van der Waals surface area (Å²) in [6.07, 6.45) is 7.80. The number of rotatable bonds is 7. The van der Waals surface area contributed by atoms with Gasteiger partial charge in [0.15, 0.2) is 0 Å². The Morgan fingerprint density at radius 3 is 2.65 bits per heavy atom. The zero-order chi connectivity index (χ0) is 14.4. The van der Waals surface area contributed by atoms with Gasteiger partial charge in [-0.2, -0.15) is 0 Å². The van der Waals surface area contributed by atoms with Crippen LogP contribution >= 0.6 is 23.2 Å². The van der Waals surface area contributed by atoms with Gasteiger partial charge in [-0.25, -0.2) is 0 Å². The van der Waals surface area contributed by atoms with Crippen molar-refractivity contribution >= 4 is 23.2 Å². The van der Waals surface area contributed by atoms with Gasteiger partial charge in [-0.15, -0.1) is 0 Å². The van der Waals surface area contributed by atoms with Crippen molar-refractivity contribution in [3.05, 3.63) is 33.8 Å². The van der Waals surface area contributed by atoms with Gasteiger partial charge in [0.2, 0.25) is 0 Å². The highest BCUT2D eigenvalue weighted by molar-refractivity contribution is 6.35. The highest BCUT2D eigenvalue weighted by atomic mass is 35.5. The van der Waals surface area contributed by atoms with Crippen molar-refractivity contribution in [1.82, 2.24) is 5.32 Å². The molecule has 1 aromatic rings. The molecule has 1 aliphatic rings. The fraction of sp³-hybridized carbons (Fsp3) is 0.647. The molecule has 3 heteroatoms. The Morgan fingerprint density at radius 1 is 1.25 bits per heavy atom. The Kier molecular flexibility index (Phi) is 6.67. The fourth-order valence-corrected chi connectivity index (χ4v) is 3.75. The lowest BCUT2D eigenvalue weighted by molar-refractivity contribution is 0.321. The summed E-state index contributed by atoms with van der Waals surface area (Å²) in [5.74, 6) is 1.55. The number of hydrogen-bond donors (Lipinski definition) is 1. The van der Waals surface area contributed by atoms with Crippen LogP contribution in [0.4, 0.5) is 0 Å². The van der Waals surface area contributed by atoms with E-state index < -0.39 is 0 Å². The van der Waals surface area contributed by atoms with Crippen LogP contribution in [0.3, 0.4) is 0 Å². The van der Waals surface area contributed by atoms with Crippen LogP contribution in [0.15, 0.2) is 18.2 Å². The summed E-state index contributed by atoms with van der Waals surface area (Å²) < 4.78 is 0. The average Bonchev–Trinajstić information content (AvgIpc) is 2.94. The summed E-state index contributed by atoms with van der Waals surface area (Å²) in [4.78, 5) is 0. The van der Waals surface area contributed by atoms with E-state index in [0.29, 0.717) is 5.92 Å². The molecule has 1 atom stereocenters. The third kappa shape index (κ3) is 4.65. The van der Waals surface area contributed by atoms with Gasteiger partial charge >= 0.3 is 0 Å². The van der Waals surface area contributed by atoms with Crippen molar-refractivity contribution in [1.29, 1.82) is 0 Å². The SMILES string of the molecule is CCCNCC(Cc1ccc(Cl)cc1Cl)C1CCCC1. The van der Waals surface area contributed by atoms with Crippen LogP contribution < -0.4 is 5.32 Å². The Labute approximate surface area is 133 Å². The molecule has 20 heavy (non-hydrogen) atoms. The van der Waals surface area contributed by atoms with E-state index in [-0.39, 0.29) is 0 Å². The molecular formula is C17H25Cl2N. The summed E-state index contributed by atoms with van der Waals surface area (Å²) in [6, 6.07) is 5.91. The third-order valence-corrected chi connectivity index (χ3v) is 4.98. The molecule has 1 aliphatic carbocycles. The second-order valence-electron chi connectivity index (χ2n) is 5.95. The van der Waals surface area contributed by atoms with Crippen LogP contribution in [0.5, 0.6) is 0 Å². The normalized spacial score (nSPS) is 17.6. The first-order valence-corrected chi connectivity index (χ1v) is 8.61. The van der Waals surface area contributed by atoms with Crippen LogP contribution in [-0.2, 0) is 6.42 Å². The minimum Gasteiger partial charge on any atom is -0.316 e. The maximum Gasteiger partial charge on any atom is 0.0452 e. The monoisotopic (exact) mass is 313 g/mol. The van der Waals surface area contributed by atoms with E-state index in [1.54, 1.807) is 0 Å². The first kappa shape index (κ1) is 16.1. The van der Waals surface area contributed by atoms with Crippen LogP contribution in [0.1, 0.15) is 44.6 Å². The zero-order valence-electron chi connectivity index (χ0n) is 12.3. The van der Waals surface area contributed by atoms with E-state index in [1.807, 2.05) is 12.1 Å². The van der Waals surface area contributed by atoms with E-state index in [0.717, 1.165) is 35.5 Å². The van der Waals surface area contributed by atoms with Crippen LogP contribution in [0, 0.1) is 11.8 Å². The van der Waals surface area contributed by atoms with E-state index in [1.165, 1.54) is 37.7 Å². The molecule has 2 rings (SSSR count). The van der Waals surface area contributed by atoms with E-state index in [2.05, 4.69) is 18.3 Å². The summed E-state index contributed by atoms with van der Waals surface area (Å²) in [5.41, 5.74) is 1.24. The Balaban J connectivity index is 2.01. The number of benzene rings is 1. The van der Waals surface area contributed by atoms with Crippen molar-refractivity contribution in [2.24, 2.45) is 11.8 Å². The molecule has 1 saturated carbocycles. The molecule has 0 radical (unpaired) electrons. The molecule has 1 nitrogen and oxygen atoms in total. The van der Waals surface area contributed by atoms with Crippen molar-refractivity contribution < 1.29 is 0 Å². The van der Waals surface area contributed by atoms with E-state index in [4.69, 9.17) is 23.2 Å². The van der Waals surface area contributed by atoms with Gasteiger partial charge in [-0.1, -0.05) is 61.9 Å². The Bertz CT molecular complexity index is 413. The van der Waals surface area contributed by atoms with Gasteiger partial charge in [0.05, 0.1) is 0 Å². The van der Waals surface area contributed by atoms with Crippen molar-refractivity contribution in [2.45, 2.75) is 45.4 Å². The second kappa shape index (κ2) is 8.26. The van der Waals surface area contributed by atoms with Gasteiger partial charge in [0, 0.05) is 10.0 Å². The van der Waals surface area contributed by atoms with Crippen molar-refractivity contribution in [2.75, 3.05) is 13.1 Å². The molecule has 0 saturated heterocycles. The number of hydrogen-bond acceptors (Lipinski definition) is 1. The molecule has 112 valence electrons. The Hall–Kier alpha value is -0.240. The predicted octanol–water partition coefficient (Wildman–Crippen LogP) is 5.34. The Morgan fingerprint density at radius 2 is 2.00 bits per heavy atom. The average molecular weight is 314 g/mol. The maximum atomic E-state index is 6.34. The van der Waals surface area contributed by atoms with Crippen LogP contribution in [0.2, 0.25) is 10.0 Å². The highest BCUT2D eigenvalue weighted by Gasteiger charge is 2.25. The lowest BCUT2D eigenvalue weighted by Crippen LogP contribution is -2.29. The highest BCUT2D eigenvalue weighted by Crippen LogP contribution is 2.34. The third-order valence-electron chi connectivity index (χ3n) is 4.40. The fourth-order valence-electron chi connectivity index (χ4n) is 3.27. The van der Waals surface area contributed by atoms with Crippen molar-refractivity contribution in [3.8, 4) is 0 Å². The summed E-state index contributed by atoms with van der Waals surface area (Å²) in [6.45, 7) is 4.43. The molecule has 0 aliphatic heterocycles. The zero-order valence-corrected chi connectivity index (χ0v) is 13.8. The minimum absolute atomic E-state index is 0.697. The molecule has 0 bridgehead atoms. The first-order chi connectivity index (χ1) is 9.70. The molecular weight excluding hydrogens is 289 g/mol. The topological polar surface area (TPSA) is 12.0 Å². The predicted molar refractivity (Wildman–Crippen MR) is 88.8 cm³/mol. The quantitative estimate of drug-likeness (QED) is 0.670. The van der Waals surface area contributed by atoms with E-state index >= 15 is 0 Å². The molecule has 1 unspecified atom stereocenters. The van der Waals surface area contributed by atoms with Crippen LogP contribution in [0.25, 0.3) is 0 Å².